The van der Waals surface area contributed by atoms with Crippen molar-refractivity contribution in [2.45, 2.75) is 51.4 Å². The molecule has 2 heterocycles. The number of piperazine rings is 2. The highest BCUT2D eigenvalue weighted by atomic mass is 19.1. The fraction of sp³-hybridized carbons (Fsp3) is 0.429. The van der Waals surface area contributed by atoms with E-state index in [0.29, 0.717) is 31.6 Å². The van der Waals surface area contributed by atoms with Crippen molar-refractivity contribution < 1.29 is 24.2 Å². The molecule has 234 valence electrons. The van der Waals surface area contributed by atoms with Crippen LogP contribution in [0.5, 0.6) is 5.75 Å². The number of aromatic hydroxyl groups is 1. The molecule has 0 spiro atoms. The van der Waals surface area contributed by atoms with E-state index in [4.69, 9.17) is 5.11 Å². The normalized spacial score (nSPS) is 20.8. The summed E-state index contributed by atoms with van der Waals surface area (Å²) in [5.74, 6) is -0.811. The molecule has 3 atom stereocenters. The molecule has 2 fully saturated rings. The van der Waals surface area contributed by atoms with E-state index < -0.39 is 5.97 Å². The lowest BCUT2D eigenvalue weighted by molar-refractivity contribution is -0.137. The zero-order chi connectivity index (χ0) is 31.2. The lowest BCUT2D eigenvalue weighted by Gasteiger charge is -2.47. The predicted molar refractivity (Wildman–Crippen MR) is 168 cm³/mol. The molecular weight excluding hydrogens is 559 g/mol. The number of carbonyl (C=O) groups excluding carboxylic acids is 1. The molecule has 3 aromatic carbocycles. The number of rotatable bonds is 10. The number of amides is 1. The minimum Gasteiger partial charge on any atom is -0.508 e. The highest BCUT2D eigenvalue weighted by Gasteiger charge is 2.35. The third-order valence-corrected chi connectivity index (χ3v) is 8.93. The maximum Gasteiger partial charge on any atom is 0.303 e. The van der Waals surface area contributed by atoms with Crippen LogP contribution in [0.3, 0.4) is 0 Å². The van der Waals surface area contributed by atoms with Gasteiger partial charge in [-0.25, -0.2) is 4.39 Å². The van der Waals surface area contributed by atoms with Gasteiger partial charge in [-0.15, -0.1) is 0 Å². The number of nitrogens with zero attached hydrogens (tertiary/aromatic N) is 4. The number of benzene rings is 3. The number of phenols is 1. The van der Waals surface area contributed by atoms with Crippen molar-refractivity contribution >= 4 is 11.9 Å². The summed E-state index contributed by atoms with van der Waals surface area (Å²) in [6.07, 6.45) is 0.767. The number of carboxylic acids is 1. The van der Waals surface area contributed by atoms with Crippen LogP contribution in [0.1, 0.15) is 59.8 Å². The van der Waals surface area contributed by atoms with Crippen molar-refractivity contribution in [3.63, 3.8) is 0 Å². The largest absolute Gasteiger partial charge is 0.508 e. The van der Waals surface area contributed by atoms with E-state index in [1.54, 1.807) is 24.3 Å². The maximum atomic E-state index is 13.9. The van der Waals surface area contributed by atoms with E-state index in [2.05, 4.69) is 34.6 Å². The molecular formula is C35H43FN4O4. The van der Waals surface area contributed by atoms with Gasteiger partial charge in [-0.3, -0.25) is 24.3 Å². The van der Waals surface area contributed by atoms with Crippen molar-refractivity contribution in [2.24, 2.45) is 0 Å². The molecule has 0 bridgehead atoms. The van der Waals surface area contributed by atoms with Crippen LogP contribution in [-0.2, 0) is 11.3 Å². The molecule has 0 aliphatic carbocycles. The fourth-order valence-corrected chi connectivity index (χ4v) is 6.60. The van der Waals surface area contributed by atoms with E-state index in [9.17, 15) is 19.1 Å². The highest BCUT2D eigenvalue weighted by Crippen LogP contribution is 2.35. The minimum atomic E-state index is -0.780. The van der Waals surface area contributed by atoms with E-state index in [1.807, 2.05) is 41.3 Å². The van der Waals surface area contributed by atoms with E-state index in [-0.39, 0.29) is 42.0 Å². The molecule has 1 unspecified atom stereocenters. The summed E-state index contributed by atoms with van der Waals surface area (Å²) < 4.78 is 13.9. The molecule has 9 heteroatoms. The first-order valence-electron chi connectivity index (χ1n) is 15.5. The van der Waals surface area contributed by atoms with E-state index in [0.717, 1.165) is 49.4 Å². The van der Waals surface area contributed by atoms with Gasteiger partial charge in [-0.2, -0.15) is 0 Å². The second-order valence-electron chi connectivity index (χ2n) is 12.2. The van der Waals surface area contributed by atoms with Gasteiger partial charge in [-0.1, -0.05) is 36.4 Å². The Morgan fingerprint density at radius 2 is 1.59 bits per heavy atom. The number of aliphatic carboxylic acids is 1. The van der Waals surface area contributed by atoms with Crippen molar-refractivity contribution in [1.82, 2.24) is 19.6 Å². The van der Waals surface area contributed by atoms with Gasteiger partial charge in [0, 0.05) is 69.9 Å². The summed E-state index contributed by atoms with van der Waals surface area (Å²) in [6.45, 7) is 10.0. The second kappa shape index (κ2) is 14.3. The highest BCUT2D eigenvalue weighted by molar-refractivity contribution is 5.94. The van der Waals surface area contributed by atoms with Crippen LogP contribution in [0.2, 0.25) is 0 Å². The van der Waals surface area contributed by atoms with Crippen LogP contribution in [0.25, 0.3) is 0 Å². The van der Waals surface area contributed by atoms with Crippen LogP contribution in [-0.4, -0.2) is 99.6 Å². The molecule has 2 saturated heterocycles. The zero-order valence-corrected chi connectivity index (χ0v) is 25.6. The van der Waals surface area contributed by atoms with Gasteiger partial charge < -0.3 is 15.1 Å². The molecule has 2 aliphatic rings. The number of carbonyl (C=O) groups is 2. The summed E-state index contributed by atoms with van der Waals surface area (Å²) in [5.41, 5.74) is 3.54. The number of hydrogen-bond acceptors (Lipinski definition) is 6. The first-order chi connectivity index (χ1) is 21.2. The average Bonchev–Trinajstić information content (AvgIpc) is 3.00. The minimum absolute atomic E-state index is 0.00646. The lowest BCUT2D eigenvalue weighted by atomic mass is 9.92. The van der Waals surface area contributed by atoms with Gasteiger partial charge >= 0.3 is 5.97 Å². The number of halogens is 1. The monoisotopic (exact) mass is 602 g/mol. The molecule has 1 amide bonds. The molecule has 8 nitrogen and oxygen atoms in total. The first kappa shape index (κ1) is 31.6. The quantitative estimate of drug-likeness (QED) is 0.344. The lowest BCUT2D eigenvalue weighted by Crippen LogP contribution is -2.56. The summed E-state index contributed by atoms with van der Waals surface area (Å²) >= 11 is 0. The van der Waals surface area contributed by atoms with Crippen molar-refractivity contribution in [3.8, 4) is 5.75 Å². The van der Waals surface area contributed by atoms with Gasteiger partial charge in [0.05, 0.1) is 6.04 Å². The Morgan fingerprint density at radius 3 is 2.30 bits per heavy atom. The molecule has 5 rings (SSSR count). The average molecular weight is 603 g/mol. The van der Waals surface area contributed by atoms with Gasteiger partial charge in [0.2, 0.25) is 0 Å². The van der Waals surface area contributed by atoms with Crippen molar-refractivity contribution in [1.29, 1.82) is 0 Å². The molecule has 0 saturated carbocycles. The van der Waals surface area contributed by atoms with E-state index in [1.165, 1.54) is 6.07 Å². The van der Waals surface area contributed by atoms with E-state index >= 15 is 0 Å². The summed E-state index contributed by atoms with van der Waals surface area (Å²) in [6, 6.07) is 22.2. The molecule has 0 aromatic heterocycles. The topological polar surface area (TPSA) is 87.6 Å². The van der Waals surface area contributed by atoms with Gasteiger partial charge in [0.1, 0.15) is 11.6 Å². The van der Waals surface area contributed by atoms with Crippen LogP contribution >= 0.6 is 0 Å². The van der Waals surface area contributed by atoms with Crippen LogP contribution in [0, 0.1) is 5.82 Å². The summed E-state index contributed by atoms with van der Waals surface area (Å²) in [7, 11) is 0. The Balaban J connectivity index is 1.33. The second-order valence-corrected chi connectivity index (χ2v) is 12.2. The Bertz CT molecular complexity index is 1440. The van der Waals surface area contributed by atoms with Gasteiger partial charge in [-0.05, 0) is 79.9 Å². The van der Waals surface area contributed by atoms with Crippen molar-refractivity contribution in [2.75, 3.05) is 45.8 Å². The molecule has 3 aromatic rings. The number of hydrogen-bond donors (Lipinski definition) is 2. The summed E-state index contributed by atoms with van der Waals surface area (Å²) in [5, 5.41) is 19.3. The Hall–Kier alpha value is -3.79. The molecule has 2 aliphatic heterocycles. The van der Waals surface area contributed by atoms with Crippen molar-refractivity contribution in [3.05, 3.63) is 101 Å². The zero-order valence-electron chi connectivity index (χ0n) is 25.6. The Kier molecular flexibility index (Phi) is 10.3. The van der Waals surface area contributed by atoms with Crippen LogP contribution < -0.4 is 0 Å². The standard InChI is InChI=1S/C35H43FN4O4/c1-25-23-40(26(2)22-39(25)24-27-7-3-11-31(36)19-27)34(29-9-5-12-32(41)21-29)28-8-4-10-30(20-28)35(44)38-17-15-37(16-18-38)14-6-13-33(42)43/h3-5,7-12,19-21,25-26,34,41H,6,13-18,22-24H2,1-2H3,(H,42,43)/t25-,26-,34?/m1/s1. The summed E-state index contributed by atoms with van der Waals surface area (Å²) in [4.78, 5) is 33.4. The fourth-order valence-electron chi connectivity index (χ4n) is 6.60. The Labute approximate surface area is 259 Å². The maximum absolute atomic E-state index is 13.9. The number of carboxylic acid groups (broad SMARTS) is 1. The Morgan fingerprint density at radius 1 is 0.886 bits per heavy atom. The van der Waals surface area contributed by atoms with Crippen LogP contribution in [0.4, 0.5) is 4.39 Å². The number of phenolic OH excluding ortho intramolecular Hbond substituents is 1. The van der Waals surface area contributed by atoms with Gasteiger partial charge in [0.25, 0.3) is 5.91 Å². The van der Waals surface area contributed by atoms with Gasteiger partial charge in [0.15, 0.2) is 0 Å². The first-order valence-corrected chi connectivity index (χ1v) is 15.5. The predicted octanol–water partition coefficient (Wildman–Crippen LogP) is 4.84. The SMILES string of the molecule is C[C@@H]1CN(C(c2cccc(O)c2)c2cccc(C(=O)N3CCN(CCCC(=O)O)CC3)c2)[C@H](C)CN1Cc1cccc(F)c1. The molecule has 2 N–H and O–H groups in total. The van der Waals surface area contributed by atoms with Crippen LogP contribution in [0.15, 0.2) is 72.8 Å². The third kappa shape index (κ3) is 7.83. The third-order valence-electron chi connectivity index (χ3n) is 8.93. The molecule has 0 radical (unpaired) electrons. The smallest absolute Gasteiger partial charge is 0.303 e. The molecule has 44 heavy (non-hydrogen) atoms.